The number of aliphatic hydroxyl groups is 4. The molecule has 0 aliphatic carbocycles. The number of aromatic nitrogens is 2. The Kier molecular flexibility index (Phi) is 22.6. The number of aromatic amines is 1. The minimum atomic E-state index is -1.90. The number of aliphatic carboxylic acids is 2. The van der Waals surface area contributed by atoms with Gasteiger partial charge in [0.2, 0.25) is 11.8 Å². The van der Waals surface area contributed by atoms with Gasteiger partial charge in [-0.2, -0.15) is 0 Å². The maximum atomic E-state index is 14.0. The van der Waals surface area contributed by atoms with E-state index in [0.29, 0.717) is 6.54 Å². The number of methoxy groups -OCH3 is 1. The van der Waals surface area contributed by atoms with Crippen LogP contribution in [0.2, 0.25) is 0 Å². The van der Waals surface area contributed by atoms with E-state index in [1.54, 1.807) is 27.7 Å². The number of guanidine groups is 1. The fourth-order valence-electron chi connectivity index (χ4n) is 8.30. The zero-order valence-electron chi connectivity index (χ0n) is 40.7. The van der Waals surface area contributed by atoms with Gasteiger partial charge in [-0.25, -0.2) is 14.4 Å². The van der Waals surface area contributed by atoms with Gasteiger partial charge in [-0.15, -0.1) is 0 Å². The highest BCUT2D eigenvalue weighted by Gasteiger charge is 2.54. The first-order valence-corrected chi connectivity index (χ1v) is 23.8. The number of hydrogen-bond acceptors (Lipinski definition) is 20. The van der Waals surface area contributed by atoms with Crippen LogP contribution in [0.4, 0.5) is 4.79 Å². The monoisotopic (exact) mass is 1020 g/mol. The van der Waals surface area contributed by atoms with Crippen LogP contribution in [0.25, 0.3) is 0 Å². The van der Waals surface area contributed by atoms with Gasteiger partial charge < -0.3 is 92.5 Å². The molecule has 0 radical (unpaired) electrons. The zero-order valence-corrected chi connectivity index (χ0v) is 40.7. The number of H-pyrrole nitrogens is 1. The molecule has 2 fully saturated rings. The van der Waals surface area contributed by atoms with Crippen molar-refractivity contribution in [2.75, 3.05) is 39.8 Å². The molecule has 7 unspecified atom stereocenters. The van der Waals surface area contributed by atoms with Crippen LogP contribution in [-0.2, 0) is 38.1 Å². The lowest BCUT2D eigenvalue weighted by Gasteiger charge is -2.34. The Morgan fingerprint density at radius 1 is 0.887 bits per heavy atom. The van der Waals surface area contributed by atoms with Gasteiger partial charge in [0.15, 0.2) is 18.5 Å². The van der Waals surface area contributed by atoms with E-state index >= 15 is 0 Å². The number of aliphatic imine (C=N–C) groups is 1. The number of rotatable bonds is 28. The van der Waals surface area contributed by atoms with Crippen LogP contribution in [0.5, 0.6) is 0 Å². The van der Waals surface area contributed by atoms with Crippen molar-refractivity contribution in [1.29, 1.82) is 0 Å². The number of carboxylic acids is 2. The fraction of sp³-hybridized carbons (Fsp3) is 0.767. The smallest absolute Gasteiger partial charge is 0.330 e. The Morgan fingerprint density at radius 3 is 2.20 bits per heavy atom. The maximum absolute atomic E-state index is 14.0. The van der Waals surface area contributed by atoms with Gasteiger partial charge in [0.05, 0.1) is 12.1 Å². The number of unbranched alkanes of at least 4 members (excludes halogenated alkanes) is 2. The summed E-state index contributed by atoms with van der Waals surface area (Å²) in [6.07, 6.45) is -11.1. The lowest BCUT2D eigenvalue weighted by atomic mass is 9.97. The summed E-state index contributed by atoms with van der Waals surface area (Å²) < 4.78 is 24.5. The van der Waals surface area contributed by atoms with Crippen LogP contribution in [-0.4, -0.2) is 201 Å². The molecule has 402 valence electrons. The molecule has 2 saturated heterocycles. The molecule has 0 bridgehead atoms. The third-order valence-corrected chi connectivity index (χ3v) is 12.3. The molecule has 28 heteroatoms. The molecule has 4 amide bonds. The quantitative estimate of drug-likeness (QED) is 0.0349. The number of nitrogens with zero attached hydrogens (tertiary/aromatic N) is 2. The summed E-state index contributed by atoms with van der Waals surface area (Å²) in [6, 6.07) is -7.07. The molecular formula is C43H73N11O17. The van der Waals surface area contributed by atoms with Crippen molar-refractivity contribution < 1.29 is 73.6 Å². The van der Waals surface area contributed by atoms with E-state index in [-0.39, 0.29) is 45.0 Å². The van der Waals surface area contributed by atoms with Crippen LogP contribution in [0, 0.1) is 11.8 Å². The molecule has 3 aliphatic heterocycles. The van der Waals surface area contributed by atoms with Crippen molar-refractivity contribution >= 4 is 35.7 Å². The Morgan fingerprint density at radius 2 is 1.59 bits per heavy atom. The highest BCUT2D eigenvalue weighted by molar-refractivity contribution is 5.94. The first-order valence-electron chi connectivity index (χ1n) is 23.8. The third-order valence-electron chi connectivity index (χ3n) is 12.3. The third kappa shape index (κ3) is 15.8. The fourth-order valence-corrected chi connectivity index (χ4v) is 8.30. The summed E-state index contributed by atoms with van der Waals surface area (Å²) in [4.78, 5) is 96.3. The molecule has 15 atom stereocenters. The summed E-state index contributed by atoms with van der Waals surface area (Å²) in [7, 11) is 1.28. The topological polar surface area (TPSA) is 421 Å². The molecule has 28 nitrogen and oxygen atoms in total. The maximum Gasteiger partial charge on any atom is 0.330 e. The second-order valence-electron chi connectivity index (χ2n) is 18.3. The summed E-state index contributed by atoms with van der Waals surface area (Å²) >= 11 is 0. The second-order valence-corrected chi connectivity index (χ2v) is 18.3. The molecule has 71 heavy (non-hydrogen) atoms. The highest BCUT2D eigenvalue weighted by atomic mass is 16.7. The van der Waals surface area contributed by atoms with Crippen molar-refractivity contribution in [2.45, 2.75) is 158 Å². The largest absolute Gasteiger partial charge is 0.480 e. The first kappa shape index (κ1) is 58.3. The first-order chi connectivity index (χ1) is 33.6. The number of carbonyl (C=O) groups excluding carboxylic acids is 3. The Hall–Kier alpha value is -5.30. The number of carbonyl (C=O) groups is 5. The lowest BCUT2D eigenvalue weighted by Crippen LogP contribution is -2.66. The van der Waals surface area contributed by atoms with Crippen LogP contribution >= 0.6 is 0 Å². The predicted octanol–water partition coefficient (Wildman–Crippen LogP) is -5.07. The summed E-state index contributed by atoms with van der Waals surface area (Å²) in [5, 5.41) is 83.8. The molecular weight excluding hydrogens is 943 g/mol. The van der Waals surface area contributed by atoms with Gasteiger partial charge in [0, 0.05) is 39.0 Å². The molecule has 4 rings (SSSR count). The van der Waals surface area contributed by atoms with Crippen LogP contribution in [0.15, 0.2) is 26.8 Å². The molecule has 16 N–H and O–H groups in total. The van der Waals surface area contributed by atoms with Crippen molar-refractivity contribution in [3.8, 4) is 0 Å². The number of urea groups is 1. The number of hydrogen-bond donors (Lipinski definition) is 15. The number of ether oxygens (including phenoxy) is 4. The second kappa shape index (κ2) is 27.5. The van der Waals surface area contributed by atoms with Crippen molar-refractivity contribution in [2.24, 2.45) is 22.6 Å². The van der Waals surface area contributed by atoms with E-state index in [0.717, 1.165) is 36.1 Å². The van der Waals surface area contributed by atoms with Crippen molar-refractivity contribution in [1.82, 2.24) is 46.8 Å². The molecule has 1 aromatic heterocycles. The number of nitrogens with two attached hydrogens (primary N) is 1. The van der Waals surface area contributed by atoms with Gasteiger partial charge >= 0.3 is 23.7 Å². The number of carboxylic acid groups (broad SMARTS) is 2. The van der Waals surface area contributed by atoms with Gasteiger partial charge in [0.1, 0.15) is 66.9 Å². The van der Waals surface area contributed by atoms with Gasteiger partial charge in [-0.3, -0.25) is 33.7 Å². The number of nitrogens with one attached hydrogen (secondary N) is 8. The number of aliphatic hydroxyl groups excluding tert-OH is 4. The van der Waals surface area contributed by atoms with Gasteiger partial charge in [-0.05, 0) is 44.2 Å². The molecule has 1 aromatic rings. The Balaban J connectivity index is 1.51. The minimum Gasteiger partial charge on any atom is -0.480 e. The summed E-state index contributed by atoms with van der Waals surface area (Å²) in [6.45, 7) is 8.98. The molecule has 0 saturated carbocycles. The van der Waals surface area contributed by atoms with Crippen molar-refractivity contribution in [3.63, 3.8) is 0 Å². The normalized spacial score (nSPS) is 26.9. The Labute approximate surface area is 409 Å². The molecule has 0 aromatic carbocycles. The average molecular weight is 1020 g/mol. The molecule has 4 heterocycles. The van der Waals surface area contributed by atoms with Crippen LogP contribution in [0.3, 0.4) is 0 Å². The molecule has 0 spiro atoms. The van der Waals surface area contributed by atoms with Gasteiger partial charge in [-0.1, -0.05) is 47.5 Å². The summed E-state index contributed by atoms with van der Waals surface area (Å²) in [5.41, 5.74) is 4.11. The van der Waals surface area contributed by atoms with E-state index in [1.807, 2.05) is 4.98 Å². The standard InChI is InChI=1S/C43H73N11O17/c1-7-8-9-13-45-18-22-29(57)34(68-6)40(69-22)71-32(33-30(58)31(59)37(70-33)54-17-12-23(55)50-43(54)67)27(39(64)65)46-14-10-15-47-35(60)26(28(56)20(4)5)51-36(61)25(21-11-16-48-41(44)49-21)53-42(66)52-24(19(2)3)38(62)63/h12,17,19-22,24-34,37,40,45-46,56-59H,7-11,13-16,18H2,1-6H3,(H,47,60)(H,51,61)(H,62,63)(H,64,65)(H3,44,48,49)(H,50,55,67)(H2,52,53,66)/t21?,22-,24?,25?,26?,27?,28?,29+,30+,31-,32-,33+,34-,37-,40?/m1/s1. The van der Waals surface area contributed by atoms with E-state index < -0.39 is 144 Å². The predicted molar refractivity (Wildman–Crippen MR) is 250 cm³/mol. The van der Waals surface area contributed by atoms with Crippen molar-refractivity contribution in [3.05, 3.63) is 33.1 Å². The average Bonchev–Trinajstić information content (AvgIpc) is 3.77. The zero-order chi connectivity index (χ0) is 52.7. The van der Waals surface area contributed by atoms with E-state index in [9.17, 15) is 64.2 Å². The minimum absolute atomic E-state index is 0.00650. The van der Waals surface area contributed by atoms with E-state index in [2.05, 4.69) is 49.1 Å². The van der Waals surface area contributed by atoms with Gasteiger partial charge in [0.25, 0.3) is 5.56 Å². The van der Waals surface area contributed by atoms with Crippen LogP contribution < -0.4 is 54.2 Å². The SMILES string of the molecule is CCCCCNC[C@H]1OC(O[C@H](C(NCCCNC(=O)C(NC(=O)C(NC(=O)NC(C(=O)O)C(C)C)C2CCN=C(N)N2)C(O)C(C)C)C(=O)O)[C@H]2O[C@@H](n3ccc(=O)[nH]c3=O)[C@H](O)[C@@H]2O)[C@H](OC)[C@H]1O. The number of amides is 4. The Bertz CT molecular complexity index is 2080. The van der Waals surface area contributed by atoms with E-state index in [4.69, 9.17) is 24.7 Å². The lowest BCUT2D eigenvalue weighted by molar-refractivity contribution is -0.231. The molecule has 3 aliphatic rings. The van der Waals surface area contributed by atoms with E-state index in [1.165, 1.54) is 7.11 Å². The highest BCUT2D eigenvalue weighted by Crippen LogP contribution is 2.35. The van der Waals surface area contributed by atoms with Crippen LogP contribution in [0.1, 0.15) is 73.0 Å². The summed E-state index contributed by atoms with van der Waals surface area (Å²) in [5.74, 6) is -5.80.